The highest BCUT2D eigenvalue weighted by atomic mass is 19.1. The molecule has 0 aliphatic rings. The summed E-state index contributed by atoms with van der Waals surface area (Å²) in [7, 11) is 0. The lowest BCUT2D eigenvalue weighted by atomic mass is 10.2. The molecule has 0 amide bonds. The molecule has 18 heavy (non-hydrogen) atoms. The highest BCUT2D eigenvalue weighted by Crippen LogP contribution is 2.08. The SMILES string of the molecule is CC(C)(C)OCCOCCNc1cccc(F)c1. The fraction of sp³-hybridized carbons (Fsp3) is 0.571. The summed E-state index contributed by atoms with van der Waals surface area (Å²) in [4.78, 5) is 0. The van der Waals surface area contributed by atoms with E-state index in [9.17, 15) is 4.39 Å². The minimum atomic E-state index is -0.237. The van der Waals surface area contributed by atoms with E-state index in [0.29, 0.717) is 26.4 Å². The first-order chi connectivity index (χ1) is 8.47. The van der Waals surface area contributed by atoms with Gasteiger partial charge in [0.05, 0.1) is 25.4 Å². The normalized spacial score (nSPS) is 11.6. The van der Waals surface area contributed by atoms with Gasteiger partial charge in [0, 0.05) is 12.2 Å². The Morgan fingerprint density at radius 1 is 1.17 bits per heavy atom. The maximum absolute atomic E-state index is 12.9. The van der Waals surface area contributed by atoms with Gasteiger partial charge < -0.3 is 14.8 Å². The molecule has 102 valence electrons. The largest absolute Gasteiger partial charge is 0.383 e. The lowest BCUT2D eigenvalue weighted by Crippen LogP contribution is -2.22. The van der Waals surface area contributed by atoms with E-state index in [1.54, 1.807) is 6.07 Å². The summed E-state index contributed by atoms with van der Waals surface area (Å²) >= 11 is 0. The Bertz CT molecular complexity index is 350. The predicted molar refractivity (Wildman–Crippen MR) is 71.4 cm³/mol. The summed E-state index contributed by atoms with van der Waals surface area (Å²) in [5.74, 6) is -0.237. The molecule has 1 N–H and O–H groups in total. The smallest absolute Gasteiger partial charge is 0.125 e. The van der Waals surface area contributed by atoms with Crippen LogP contribution in [0.2, 0.25) is 0 Å². The van der Waals surface area contributed by atoms with Gasteiger partial charge in [0.15, 0.2) is 0 Å². The number of nitrogens with one attached hydrogen (secondary N) is 1. The molecular formula is C14H22FNO2. The number of ether oxygens (including phenoxy) is 2. The lowest BCUT2D eigenvalue weighted by Gasteiger charge is -2.19. The highest BCUT2D eigenvalue weighted by Gasteiger charge is 2.08. The van der Waals surface area contributed by atoms with E-state index in [2.05, 4.69) is 5.32 Å². The van der Waals surface area contributed by atoms with Crippen LogP contribution < -0.4 is 5.32 Å². The van der Waals surface area contributed by atoms with Crippen molar-refractivity contribution in [3.8, 4) is 0 Å². The summed E-state index contributed by atoms with van der Waals surface area (Å²) < 4.78 is 23.8. The standard InChI is InChI=1S/C14H22FNO2/c1-14(2,3)18-10-9-17-8-7-16-13-6-4-5-12(15)11-13/h4-6,11,16H,7-10H2,1-3H3. The number of anilines is 1. The van der Waals surface area contributed by atoms with E-state index < -0.39 is 0 Å². The molecule has 1 aromatic rings. The second kappa shape index (κ2) is 7.34. The van der Waals surface area contributed by atoms with Gasteiger partial charge in [-0.15, -0.1) is 0 Å². The van der Waals surface area contributed by atoms with Crippen LogP contribution in [0.1, 0.15) is 20.8 Å². The van der Waals surface area contributed by atoms with Gasteiger partial charge in [0.2, 0.25) is 0 Å². The maximum atomic E-state index is 12.9. The van der Waals surface area contributed by atoms with Crippen molar-refractivity contribution in [2.24, 2.45) is 0 Å². The number of halogens is 1. The summed E-state index contributed by atoms with van der Waals surface area (Å²) in [5.41, 5.74) is 0.646. The van der Waals surface area contributed by atoms with E-state index in [0.717, 1.165) is 5.69 Å². The molecule has 0 unspecified atom stereocenters. The van der Waals surface area contributed by atoms with Crippen molar-refractivity contribution < 1.29 is 13.9 Å². The Balaban J connectivity index is 2.02. The quantitative estimate of drug-likeness (QED) is 0.760. The molecule has 0 heterocycles. The third kappa shape index (κ3) is 7.25. The molecule has 0 bridgehead atoms. The molecule has 4 heteroatoms. The zero-order valence-corrected chi connectivity index (χ0v) is 11.3. The number of benzene rings is 1. The van der Waals surface area contributed by atoms with E-state index >= 15 is 0 Å². The number of hydrogen-bond acceptors (Lipinski definition) is 3. The van der Waals surface area contributed by atoms with Crippen LogP contribution in [0.4, 0.5) is 10.1 Å². The highest BCUT2D eigenvalue weighted by molar-refractivity contribution is 5.42. The predicted octanol–water partition coefficient (Wildman–Crippen LogP) is 3.07. The van der Waals surface area contributed by atoms with E-state index in [1.165, 1.54) is 12.1 Å². The first-order valence-corrected chi connectivity index (χ1v) is 6.18. The second-order valence-corrected chi connectivity index (χ2v) is 5.01. The fourth-order valence-corrected chi connectivity index (χ4v) is 1.37. The minimum Gasteiger partial charge on any atom is -0.383 e. The van der Waals surface area contributed by atoms with Crippen molar-refractivity contribution in [2.75, 3.05) is 31.7 Å². The molecule has 0 aromatic heterocycles. The first kappa shape index (κ1) is 14.9. The van der Waals surface area contributed by atoms with E-state index in [4.69, 9.17) is 9.47 Å². The lowest BCUT2D eigenvalue weighted by molar-refractivity contribution is -0.0335. The molecule has 0 radical (unpaired) electrons. The second-order valence-electron chi connectivity index (χ2n) is 5.01. The Kier molecular flexibility index (Phi) is 6.09. The monoisotopic (exact) mass is 255 g/mol. The third-order valence-corrected chi connectivity index (χ3v) is 2.16. The van der Waals surface area contributed by atoms with Gasteiger partial charge in [-0.2, -0.15) is 0 Å². The molecule has 0 aliphatic carbocycles. The van der Waals surface area contributed by atoms with Crippen molar-refractivity contribution in [1.82, 2.24) is 0 Å². The van der Waals surface area contributed by atoms with Crippen LogP contribution in [0, 0.1) is 5.82 Å². The molecule has 0 aliphatic heterocycles. The van der Waals surface area contributed by atoms with E-state index in [-0.39, 0.29) is 11.4 Å². The van der Waals surface area contributed by atoms with Gasteiger partial charge in [-0.25, -0.2) is 4.39 Å². The zero-order chi connectivity index (χ0) is 13.4. The van der Waals surface area contributed by atoms with E-state index in [1.807, 2.05) is 26.8 Å². The minimum absolute atomic E-state index is 0.122. The van der Waals surface area contributed by atoms with Crippen LogP contribution in [0.5, 0.6) is 0 Å². The first-order valence-electron chi connectivity index (χ1n) is 6.18. The molecule has 0 fully saturated rings. The molecule has 0 spiro atoms. The summed E-state index contributed by atoms with van der Waals surface area (Å²) in [6, 6.07) is 6.38. The number of hydrogen-bond donors (Lipinski definition) is 1. The molecule has 1 rings (SSSR count). The van der Waals surface area contributed by atoms with Gasteiger partial charge in [-0.1, -0.05) is 6.07 Å². The van der Waals surface area contributed by atoms with Crippen molar-refractivity contribution in [1.29, 1.82) is 0 Å². The maximum Gasteiger partial charge on any atom is 0.125 e. The topological polar surface area (TPSA) is 30.5 Å². The Hall–Kier alpha value is -1.13. The molecule has 0 atom stereocenters. The van der Waals surface area contributed by atoms with Gasteiger partial charge in [-0.05, 0) is 39.0 Å². The van der Waals surface area contributed by atoms with Gasteiger partial charge in [-0.3, -0.25) is 0 Å². The van der Waals surface area contributed by atoms with Crippen LogP contribution in [0.25, 0.3) is 0 Å². The fourth-order valence-electron chi connectivity index (χ4n) is 1.37. The zero-order valence-electron chi connectivity index (χ0n) is 11.3. The summed E-state index contributed by atoms with van der Waals surface area (Å²) in [6.07, 6.45) is 0. The molecular weight excluding hydrogens is 233 g/mol. The van der Waals surface area contributed by atoms with Crippen LogP contribution in [-0.4, -0.2) is 32.0 Å². The average Bonchev–Trinajstić information content (AvgIpc) is 2.26. The Morgan fingerprint density at radius 3 is 2.61 bits per heavy atom. The van der Waals surface area contributed by atoms with Crippen molar-refractivity contribution in [3.63, 3.8) is 0 Å². The van der Waals surface area contributed by atoms with Crippen LogP contribution >= 0.6 is 0 Å². The molecule has 0 saturated heterocycles. The average molecular weight is 255 g/mol. The van der Waals surface area contributed by atoms with Crippen LogP contribution in [-0.2, 0) is 9.47 Å². The van der Waals surface area contributed by atoms with Crippen molar-refractivity contribution in [3.05, 3.63) is 30.1 Å². The van der Waals surface area contributed by atoms with Crippen molar-refractivity contribution in [2.45, 2.75) is 26.4 Å². The van der Waals surface area contributed by atoms with Gasteiger partial charge in [0.1, 0.15) is 5.82 Å². The Labute approximate surface area is 108 Å². The molecule has 1 aromatic carbocycles. The molecule has 3 nitrogen and oxygen atoms in total. The van der Waals surface area contributed by atoms with Crippen molar-refractivity contribution >= 4 is 5.69 Å². The summed E-state index contributed by atoms with van der Waals surface area (Å²) in [6.45, 7) is 8.42. The third-order valence-electron chi connectivity index (χ3n) is 2.16. The Morgan fingerprint density at radius 2 is 1.94 bits per heavy atom. The molecule has 0 saturated carbocycles. The number of rotatable bonds is 7. The van der Waals surface area contributed by atoms with Gasteiger partial charge >= 0.3 is 0 Å². The summed E-state index contributed by atoms with van der Waals surface area (Å²) in [5, 5.41) is 3.09. The van der Waals surface area contributed by atoms with Gasteiger partial charge in [0.25, 0.3) is 0 Å². The van der Waals surface area contributed by atoms with Crippen LogP contribution in [0.15, 0.2) is 24.3 Å². The van der Waals surface area contributed by atoms with Crippen LogP contribution in [0.3, 0.4) is 0 Å².